The molecule has 2 aromatic heterocycles. The van der Waals surface area contributed by atoms with Crippen LogP contribution in [0.2, 0.25) is 0 Å². The second-order valence-corrected chi connectivity index (χ2v) is 4.13. The van der Waals surface area contributed by atoms with E-state index in [1.807, 2.05) is 22.8 Å². The molecular weight excluding hydrogens is 240 g/mol. The van der Waals surface area contributed by atoms with Crippen molar-refractivity contribution >= 4 is 11.2 Å². The van der Waals surface area contributed by atoms with Gasteiger partial charge in [0.25, 0.3) is 0 Å². The molecule has 0 radical (unpaired) electrons. The van der Waals surface area contributed by atoms with Gasteiger partial charge in [0.05, 0.1) is 30.8 Å². The molecule has 2 N–H and O–H groups in total. The molecule has 92 valence electrons. The van der Waals surface area contributed by atoms with E-state index in [0.717, 1.165) is 5.56 Å². The Bertz CT molecular complexity index is 836. The summed E-state index contributed by atoms with van der Waals surface area (Å²) in [6.45, 7) is 0.560. The zero-order chi connectivity index (χ0) is 13.2. The van der Waals surface area contributed by atoms with Crippen molar-refractivity contribution in [3.05, 3.63) is 53.5 Å². The van der Waals surface area contributed by atoms with Crippen LogP contribution in [0.1, 0.15) is 11.1 Å². The van der Waals surface area contributed by atoms with Crippen molar-refractivity contribution < 1.29 is 0 Å². The lowest BCUT2D eigenvalue weighted by Crippen LogP contribution is -2.13. The molecule has 0 fully saturated rings. The molecule has 0 spiro atoms. The van der Waals surface area contributed by atoms with Crippen LogP contribution in [0.3, 0.4) is 0 Å². The second-order valence-electron chi connectivity index (χ2n) is 4.13. The van der Waals surface area contributed by atoms with E-state index in [1.54, 1.807) is 18.7 Å². The summed E-state index contributed by atoms with van der Waals surface area (Å²) in [5.41, 5.74) is 3.09. The van der Waals surface area contributed by atoms with E-state index in [4.69, 9.17) is 10.7 Å². The van der Waals surface area contributed by atoms with Gasteiger partial charge in [0.1, 0.15) is 5.52 Å². The number of benzene rings is 1. The van der Waals surface area contributed by atoms with E-state index in [1.165, 1.54) is 0 Å². The van der Waals surface area contributed by atoms with Gasteiger partial charge in [-0.1, -0.05) is 12.1 Å². The Hall–Kier alpha value is -2.94. The molecule has 0 amide bonds. The molecule has 3 rings (SSSR count). The fourth-order valence-corrected chi connectivity index (χ4v) is 1.98. The molecule has 0 bridgehead atoms. The van der Waals surface area contributed by atoms with E-state index in [2.05, 4.69) is 21.0 Å². The Labute approximate surface area is 108 Å². The zero-order valence-electron chi connectivity index (χ0n) is 9.96. The Morgan fingerprint density at radius 1 is 1.37 bits per heavy atom. The maximum atomic E-state index is 8.89. The number of H-pyrrole nitrogens is 1. The van der Waals surface area contributed by atoms with Crippen LogP contribution in [0.4, 0.5) is 0 Å². The molecule has 1 aromatic carbocycles. The smallest absolute Gasteiger partial charge is 0.173 e. The standard InChI is InChI=1S/C13H10N6/c14-5-9-2-1-3-10(4-9)6-19-8-18-12(15)11-13(19)17-7-16-11/h1-4,7-8,15H,6H2,(H,16,17). The highest BCUT2D eigenvalue weighted by molar-refractivity contribution is 5.68. The quantitative estimate of drug-likeness (QED) is 0.714. The number of hydrogen-bond donors (Lipinski definition) is 2. The third-order valence-corrected chi connectivity index (χ3v) is 2.86. The fourth-order valence-electron chi connectivity index (χ4n) is 1.98. The molecular formula is C13H10N6. The van der Waals surface area contributed by atoms with Gasteiger partial charge in [-0.3, -0.25) is 5.41 Å². The van der Waals surface area contributed by atoms with Crippen LogP contribution < -0.4 is 5.49 Å². The van der Waals surface area contributed by atoms with Gasteiger partial charge in [0.2, 0.25) is 0 Å². The van der Waals surface area contributed by atoms with E-state index in [9.17, 15) is 0 Å². The number of nitrogens with zero attached hydrogens (tertiary/aromatic N) is 4. The second kappa shape index (κ2) is 4.38. The molecule has 0 aliphatic rings. The van der Waals surface area contributed by atoms with Gasteiger partial charge in [0, 0.05) is 0 Å². The van der Waals surface area contributed by atoms with Crippen LogP contribution in [-0.2, 0) is 6.54 Å². The average Bonchev–Trinajstić information content (AvgIpc) is 2.93. The minimum absolute atomic E-state index is 0.175. The largest absolute Gasteiger partial charge is 0.340 e. The number of imidazole rings is 1. The lowest BCUT2D eigenvalue weighted by atomic mass is 10.1. The first kappa shape index (κ1) is 11.2. The maximum absolute atomic E-state index is 8.89. The Balaban J connectivity index is 2.06. The van der Waals surface area contributed by atoms with Gasteiger partial charge in [-0.2, -0.15) is 5.26 Å². The lowest BCUT2D eigenvalue weighted by Gasteiger charge is -2.07. The normalized spacial score (nSPS) is 10.5. The minimum Gasteiger partial charge on any atom is -0.340 e. The molecule has 0 saturated carbocycles. The summed E-state index contributed by atoms with van der Waals surface area (Å²) in [5, 5.41) is 16.6. The molecule has 6 nitrogen and oxygen atoms in total. The minimum atomic E-state index is 0.175. The Morgan fingerprint density at radius 3 is 3.11 bits per heavy atom. The summed E-state index contributed by atoms with van der Waals surface area (Å²) in [4.78, 5) is 11.1. The maximum Gasteiger partial charge on any atom is 0.173 e. The van der Waals surface area contributed by atoms with Gasteiger partial charge in [-0.15, -0.1) is 0 Å². The van der Waals surface area contributed by atoms with Crippen LogP contribution in [0, 0.1) is 16.7 Å². The molecule has 3 aromatic rings. The van der Waals surface area contributed by atoms with Crippen LogP contribution in [-0.4, -0.2) is 19.5 Å². The number of fused-ring (bicyclic) bond motifs is 1. The third-order valence-electron chi connectivity index (χ3n) is 2.86. The Kier molecular flexibility index (Phi) is 2.58. The van der Waals surface area contributed by atoms with Gasteiger partial charge >= 0.3 is 0 Å². The van der Waals surface area contributed by atoms with Crippen LogP contribution in [0.15, 0.2) is 36.9 Å². The first-order chi connectivity index (χ1) is 9.28. The monoisotopic (exact) mass is 250 g/mol. The summed E-state index contributed by atoms with van der Waals surface area (Å²) in [5.74, 6) is 0. The fraction of sp³-hybridized carbons (Fsp3) is 0.0769. The summed E-state index contributed by atoms with van der Waals surface area (Å²) in [6, 6.07) is 9.51. The van der Waals surface area contributed by atoms with Gasteiger partial charge < -0.3 is 9.55 Å². The summed E-state index contributed by atoms with van der Waals surface area (Å²) in [6.07, 6.45) is 3.14. The molecule has 0 aliphatic heterocycles. The topological polar surface area (TPSA) is 94.1 Å². The van der Waals surface area contributed by atoms with Crippen LogP contribution in [0.25, 0.3) is 11.2 Å². The van der Waals surface area contributed by atoms with Crippen molar-refractivity contribution in [2.24, 2.45) is 0 Å². The molecule has 0 aliphatic carbocycles. The summed E-state index contributed by atoms with van der Waals surface area (Å²) >= 11 is 0. The molecule has 0 saturated heterocycles. The van der Waals surface area contributed by atoms with Crippen molar-refractivity contribution in [2.75, 3.05) is 0 Å². The van der Waals surface area contributed by atoms with Gasteiger partial charge in [-0.25, -0.2) is 9.97 Å². The number of rotatable bonds is 2. The zero-order valence-corrected chi connectivity index (χ0v) is 9.96. The third kappa shape index (κ3) is 1.98. The predicted octanol–water partition coefficient (Wildman–Crippen LogP) is 1.16. The van der Waals surface area contributed by atoms with E-state index in [0.29, 0.717) is 23.3 Å². The van der Waals surface area contributed by atoms with E-state index < -0.39 is 0 Å². The number of nitrogens with one attached hydrogen (secondary N) is 2. The van der Waals surface area contributed by atoms with Crippen LogP contribution >= 0.6 is 0 Å². The molecule has 0 unspecified atom stereocenters. The summed E-state index contributed by atoms with van der Waals surface area (Å²) in [7, 11) is 0. The van der Waals surface area contributed by atoms with E-state index in [-0.39, 0.29) is 5.49 Å². The molecule has 0 atom stereocenters. The first-order valence-electron chi connectivity index (χ1n) is 5.70. The summed E-state index contributed by atoms with van der Waals surface area (Å²) < 4.78 is 1.85. The van der Waals surface area contributed by atoms with Gasteiger partial charge in [-0.05, 0) is 17.7 Å². The van der Waals surface area contributed by atoms with E-state index >= 15 is 0 Å². The molecule has 6 heteroatoms. The molecule has 19 heavy (non-hydrogen) atoms. The van der Waals surface area contributed by atoms with Crippen molar-refractivity contribution in [3.8, 4) is 6.07 Å². The van der Waals surface area contributed by atoms with Crippen molar-refractivity contribution in [3.63, 3.8) is 0 Å². The SMILES string of the molecule is N#Cc1cccc(Cn2cnc(=N)c3[nH]cnc32)c1. The highest BCUT2D eigenvalue weighted by Gasteiger charge is 2.05. The average molecular weight is 250 g/mol. The number of hydrogen-bond acceptors (Lipinski definition) is 4. The van der Waals surface area contributed by atoms with Crippen LogP contribution in [0.5, 0.6) is 0 Å². The number of nitriles is 1. The van der Waals surface area contributed by atoms with Gasteiger partial charge in [0.15, 0.2) is 11.1 Å². The number of aromatic amines is 1. The lowest BCUT2D eigenvalue weighted by molar-refractivity contribution is 0.783. The highest BCUT2D eigenvalue weighted by atomic mass is 15.1. The Morgan fingerprint density at radius 2 is 2.26 bits per heavy atom. The number of aromatic nitrogens is 4. The highest BCUT2D eigenvalue weighted by Crippen LogP contribution is 2.09. The predicted molar refractivity (Wildman–Crippen MR) is 68.0 cm³/mol. The van der Waals surface area contributed by atoms with Crippen molar-refractivity contribution in [1.82, 2.24) is 19.5 Å². The van der Waals surface area contributed by atoms with Crippen molar-refractivity contribution in [2.45, 2.75) is 6.54 Å². The molecule has 2 heterocycles. The van der Waals surface area contributed by atoms with Crippen molar-refractivity contribution in [1.29, 1.82) is 10.7 Å². The first-order valence-corrected chi connectivity index (χ1v) is 5.70.